The molecule has 0 radical (unpaired) electrons. The van der Waals surface area contributed by atoms with Crippen LogP contribution in [-0.4, -0.2) is 26.4 Å². The molecule has 1 aromatic carbocycles. The summed E-state index contributed by atoms with van der Waals surface area (Å²) in [4.78, 5) is 0. The van der Waals surface area contributed by atoms with Crippen LogP contribution >= 0.6 is 27.5 Å². The molecule has 0 spiro atoms. The second-order valence-corrected chi connectivity index (χ2v) is 6.61. The van der Waals surface area contributed by atoms with Gasteiger partial charge in [0.1, 0.15) is 5.75 Å². The van der Waals surface area contributed by atoms with E-state index in [1.165, 1.54) is 0 Å². The van der Waals surface area contributed by atoms with Gasteiger partial charge < -0.3 is 14.8 Å². The third kappa shape index (κ3) is 3.73. The molecule has 1 N–H and O–H groups in total. The first-order chi connectivity index (χ1) is 10.1. The zero-order chi connectivity index (χ0) is 15.4. The Labute approximate surface area is 140 Å². The molecule has 2 rings (SSSR count). The molecule has 1 aliphatic heterocycles. The molecular weight excluding hydrogens is 354 g/mol. The minimum Gasteiger partial charge on any atom is -0.495 e. The lowest BCUT2D eigenvalue weighted by Crippen LogP contribution is -2.33. The molecule has 3 nitrogen and oxygen atoms in total. The number of methoxy groups -OCH3 is 1. The fourth-order valence-electron chi connectivity index (χ4n) is 3.21. The van der Waals surface area contributed by atoms with E-state index >= 15 is 0 Å². The molecule has 0 aliphatic carbocycles. The zero-order valence-electron chi connectivity index (χ0n) is 12.8. The summed E-state index contributed by atoms with van der Waals surface area (Å²) in [6, 6.07) is 4.06. The van der Waals surface area contributed by atoms with E-state index < -0.39 is 0 Å². The van der Waals surface area contributed by atoms with Gasteiger partial charge in [-0.15, -0.1) is 0 Å². The lowest BCUT2D eigenvalue weighted by atomic mass is 9.86. The van der Waals surface area contributed by atoms with Gasteiger partial charge in [-0.05, 0) is 47.4 Å². The highest BCUT2D eigenvalue weighted by Gasteiger charge is 2.35. The number of hydrogen-bond donors (Lipinski definition) is 1. The topological polar surface area (TPSA) is 30.5 Å². The average molecular weight is 377 g/mol. The smallest absolute Gasteiger partial charge is 0.137 e. The van der Waals surface area contributed by atoms with E-state index in [-0.39, 0.29) is 12.1 Å². The molecule has 1 aliphatic rings. The maximum absolute atomic E-state index is 6.26. The number of ether oxygens (including phenoxy) is 2. The summed E-state index contributed by atoms with van der Waals surface area (Å²) in [7, 11) is 1.70. The van der Waals surface area contributed by atoms with Crippen molar-refractivity contribution in [3.63, 3.8) is 0 Å². The van der Waals surface area contributed by atoms with Crippen molar-refractivity contribution in [3.8, 4) is 5.75 Å². The summed E-state index contributed by atoms with van der Waals surface area (Å²) < 4.78 is 12.4. The van der Waals surface area contributed by atoms with Gasteiger partial charge in [-0.1, -0.05) is 25.4 Å². The number of nitrogens with one attached hydrogen (secondary N) is 1. The monoisotopic (exact) mass is 375 g/mol. The van der Waals surface area contributed by atoms with E-state index in [1.807, 2.05) is 12.1 Å². The minimum atomic E-state index is 0.187. The van der Waals surface area contributed by atoms with Gasteiger partial charge in [-0.2, -0.15) is 0 Å². The van der Waals surface area contributed by atoms with Crippen molar-refractivity contribution in [1.82, 2.24) is 5.32 Å². The van der Waals surface area contributed by atoms with Crippen LogP contribution in [0.5, 0.6) is 5.75 Å². The van der Waals surface area contributed by atoms with Crippen LogP contribution in [0, 0.1) is 5.92 Å². The van der Waals surface area contributed by atoms with Gasteiger partial charge in [0.25, 0.3) is 0 Å². The number of halogens is 2. The largest absolute Gasteiger partial charge is 0.495 e. The Morgan fingerprint density at radius 2 is 2.24 bits per heavy atom. The zero-order valence-corrected chi connectivity index (χ0v) is 15.1. The van der Waals surface area contributed by atoms with Gasteiger partial charge in [-0.25, -0.2) is 0 Å². The Hall–Kier alpha value is -0.290. The minimum absolute atomic E-state index is 0.187. The molecule has 0 amide bonds. The van der Waals surface area contributed by atoms with E-state index in [4.69, 9.17) is 21.1 Å². The molecule has 21 heavy (non-hydrogen) atoms. The first-order valence-electron chi connectivity index (χ1n) is 7.50. The second-order valence-electron chi connectivity index (χ2n) is 5.32. The molecule has 1 heterocycles. The van der Waals surface area contributed by atoms with E-state index in [0.29, 0.717) is 10.9 Å². The number of benzene rings is 1. The lowest BCUT2D eigenvalue weighted by Gasteiger charge is -2.30. The Kier molecular flexibility index (Phi) is 6.35. The van der Waals surface area contributed by atoms with E-state index in [0.717, 1.165) is 41.8 Å². The summed E-state index contributed by atoms with van der Waals surface area (Å²) in [5, 5.41) is 4.31. The molecule has 5 heteroatoms. The second kappa shape index (κ2) is 7.82. The summed E-state index contributed by atoms with van der Waals surface area (Å²) in [5.41, 5.74) is 1.10. The van der Waals surface area contributed by atoms with Crippen LogP contribution in [0.4, 0.5) is 0 Å². The first-order valence-corrected chi connectivity index (χ1v) is 8.67. The third-order valence-corrected chi connectivity index (χ3v) is 4.90. The summed E-state index contributed by atoms with van der Waals surface area (Å²) in [6.45, 7) is 6.02. The van der Waals surface area contributed by atoms with Crippen molar-refractivity contribution in [3.05, 3.63) is 27.2 Å². The Balaban J connectivity index is 2.42. The molecule has 0 saturated carbocycles. The van der Waals surface area contributed by atoms with Gasteiger partial charge in [0.05, 0.1) is 17.7 Å². The quantitative estimate of drug-likeness (QED) is 0.788. The molecule has 0 bridgehead atoms. The Bertz CT molecular complexity index is 484. The van der Waals surface area contributed by atoms with Crippen LogP contribution in [0.15, 0.2) is 16.6 Å². The van der Waals surface area contributed by atoms with Crippen LogP contribution in [0.3, 0.4) is 0 Å². The summed E-state index contributed by atoms with van der Waals surface area (Å²) in [5.74, 6) is 1.29. The number of hydrogen-bond acceptors (Lipinski definition) is 3. The molecule has 1 saturated heterocycles. The van der Waals surface area contributed by atoms with Crippen LogP contribution in [0.2, 0.25) is 5.02 Å². The molecule has 0 aromatic heterocycles. The molecular formula is C16H23BrClNO2. The fraction of sp³-hybridized carbons (Fsp3) is 0.625. The number of rotatable bonds is 6. The van der Waals surface area contributed by atoms with Crippen molar-refractivity contribution in [2.75, 3.05) is 20.3 Å². The van der Waals surface area contributed by atoms with E-state index in [2.05, 4.69) is 35.1 Å². The van der Waals surface area contributed by atoms with Gasteiger partial charge in [0.2, 0.25) is 0 Å². The highest BCUT2D eigenvalue weighted by atomic mass is 79.9. The SMILES string of the molecule is CCNC(c1cc(Cl)cc(Br)c1OC)C1CCOC1CC. The summed E-state index contributed by atoms with van der Waals surface area (Å²) in [6.07, 6.45) is 2.37. The predicted octanol–water partition coefficient (Wildman–Crippen LogP) is 4.58. The van der Waals surface area contributed by atoms with Crippen molar-refractivity contribution >= 4 is 27.5 Å². The Morgan fingerprint density at radius 3 is 2.86 bits per heavy atom. The fourth-order valence-corrected chi connectivity index (χ4v) is 4.20. The maximum Gasteiger partial charge on any atom is 0.137 e. The Morgan fingerprint density at radius 1 is 1.48 bits per heavy atom. The molecule has 3 unspecified atom stereocenters. The molecule has 3 atom stereocenters. The van der Waals surface area contributed by atoms with Gasteiger partial charge in [0.15, 0.2) is 0 Å². The molecule has 1 aromatic rings. The standard InChI is InChI=1S/C16H23BrClNO2/c1-4-14-11(6-7-21-14)15(19-5-2)12-8-10(18)9-13(17)16(12)20-3/h8-9,11,14-15,19H,4-7H2,1-3H3. The third-order valence-electron chi connectivity index (χ3n) is 4.09. The van der Waals surface area contributed by atoms with Crippen molar-refractivity contribution in [2.45, 2.75) is 38.8 Å². The van der Waals surface area contributed by atoms with Crippen LogP contribution < -0.4 is 10.1 Å². The lowest BCUT2D eigenvalue weighted by molar-refractivity contribution is 0.0773. The van der Waals surface area contributed by atoms with Crippen LogP contribution in [-0.2, 0) is 4.74 Å². The van der Waals surface area contributed by atoms with E-state index in [1.54, 1.807) is 7.11 Å². The van der Waals surface area contributed by atoms with E-state index in [9.17, 15) is 0 Å². The highest BCUT2D eigenvalue weighted by molar-refractivity contribution is 9.10. The van der Waals surface area contributed by atoms with Crippen molar-refractivity contribution < 1.29 is 9.47 Å². The van der Waals surface area contributed by atoms with Gasteiger partial charge >= 0.3 is 0 Å². The molecule has 1 fully saturated rings. The average Bonchev–Trinajstić information content (AvgIpc) is 2.92. The molecule has 118 valence electrons. The van der Waals surface area contributed by atoms with Crippen LogP contribution in [0.1, 0.15) is 38.3 Å². The summed E-state index contributed by atoms with van der Waals surface area (Å²) >= 11 is 9.81. The highest BCUT2D eigenvalue weighted by Crippen LogP contribution is 2.42. The first kappa shape index (κ1) is 17.1. The van der Waals surface area contributed by atoms with Gasteiger partial charge in [0, 0.05) is 29.2 Å². The van der Waals surface area contributed by atoms with Crippen LogP contribution in [0.25, 0.3) is 0 Å². The predicted molar refractivity (Wildman–Crippen MR) is 90.3 cm³/mol. The maximum atomic E-state index is 6.26. The van der Waals surface area contributed by atoms with Crippen molar-refractivity contribution in [2.24, 2.45) is 5.92 Å². The van der Waals surface area contributed by atoms with Gasteiger partial charge in [-0.3, -0.25) is 0 Å². The van der Waals surface area contributed by atoms with Crippen molar-refractivity contribution in [1.29, 1.82) is 0 Å². The normalized spacial score (nSPS) is 23.3.